The molecule has 2 atom stereocenters. The van der Waals surface area contributed by atoms with E-state index in [2.05, 4.69) is 6.08 Å². The number of unbranched alkanes of at least 4 members (excludes halogenated alkanes) is 1. The van der Waals surface area contributed by atoms with Crippen LogP contribution in [0, 0.1) is 11.8 Å². The van der Waals surface area contributed by atoms with Crippen molar-refractivity contribution in [3.63, 3.8) is 0 Å². The van der Waals surface area contributed by atoms with Crippen LogP contribution in [0.4, 0.5) is 0 Å². The second-order valence-corrected chi connectivity index (χ2v) is 8.38. The molecule has 5 heteroatoms. The standard InChI is InChI=1S/C22H37NO4/c24-14-8-9-15-26-21-17-19(18-10-4-5-11-18)16-20(27-21)22(25)23-12-6-2-1-3-7-13-23/h16,18-19,21,24H,1-15,17H2/t19-,21+/m1/s1. The first-order chi connectivity index (χ1) is 13.3. The third kappa shape index (κ3) is 6.21. The molecule has 2 heterocycles. The maximum atomic E-state index is 13.1. The number of amides is 1. The molecular formula is C22H37NO4. The minimum atomic E-state index is -0.326. The molecule has 1 N–H and O–H groups in total. The van der Waals surface area contributed by atoms with E-state index >= 15 is 0 Å². The number of likely N-dealkylation sites (tertiary alicyclic amines) is 1. The number of hydrogen-bond donors (Lipinski definition) is 1. The number of rotatable bonds is 7. The highest BCUT2D eigenvalue weighted by molar-refractivity contribution is 5.91. The summed E-state index contributed by atoms with van der Waals surface area (Å²) >= 11 is 0. The normalized spacial score (nSPS) is 27.6. The zero-order valence-corrected chi connectivity index (χ0v) is 16.7. The number of hydrogen-bond acceptors (Lipinski definition) is 4. The topological polar surface area (TPSA) is 59.0 Å². The van der Waals surface area contributed by atoms with Crippen LogP contribution >= 0.6 is 0 Å². The summed E-state index contributed by atoms with van der Waals surface area (Å²) in [7, 11) is 0. The van der Waals surface area contributed by atoms with E-state index in [1.165, 1.54) is 44.9 Å². The quantitative estimate of drug-likeness (QED) is 0.679. The van der Waals surface area contributed by atoms with Crippen LogP contribution in [-0.2, 0) is 14.3 Å². The fraction of sp³-hybridized carbons (Fsp3) is 0.864. The molecule has 0 aromatic carbocycles. The van der Waals surface area contributed by atoms with Crippen LogP contribution < -0.4 is 0 Å². The summed E-state index contributed by atoms with van der Waals surface area (Å²) in [5.74, 6) is 1.62. The van der Waals surface area contributed by atoms with Crippen LogP contribution in [0.1, 0.15) is 77.0 Å². The van der Waals surface area contributed by atoms with Gasteiger partial charge >= 0.3 is 0 Å². The molecule has 154 valence electrons. The Morgan fingerprint density at radius 2 is 1.78 bits per heavy atom. The molecule has 3 aliphatic rings. The fourth-order valence-electron chi connectivity index (χ4n) is 4.69. The van der Waals surface area contributed by atoms with Crippen LogP contribution in [0.5, 0.6) is 0 Å². The molecule has 1 amide bonds. The van der Waals surface area contributed by atoms with Gasteiger partial charge in [-0.15, -0.1) is 0 Å². The molecule has 0 radical (unpaired) electrons. The number of nitrogens with zero attached hydrogens (tertiary/aromatic N) is 1. The number of aliphatic hydroxyl groups excluding tert-OH is 1. The summed E-state index contributed by atoms with van der Waals surface area (Å²) in [5.41, 5.74) is 0. The van der Waals surface area contributed by atoms with Gasteiger partial charge in [0.25, 0.3) is 5.91 Å². The second-order valence-electron chi connectivity index (χ2n) is 8.38. The van der Waals surface area contributed by atoms with Crippen molar-refractivity contribution in [2.75, 3.05) is 26.3 Å². The van der Waals surface area contributed by atoms with Gasteiger partial charge in [-0.3, -0.25) is 4.79 Å². The second kappa shape index (κ2) is 11.1. The van der Waals surface area contributed by atoms with Gasteiger partial charge in [0.05, 0.1) is 6.61 Å². The van der Waals surface area contributed by atoms with E-state index in [1.54, 1.807) is 0 Å². The highest BCUT2D eigenvalue weighted by Gasteiger charge is 2.34. The minimum Gasteiger partial charge on any atom is -0.459 e. The Labute approximate surface area is 164 Å². The average Bonchev–Trinajstić information content (AvgIpc) is 3.19. The Morgan fingerprint density at radius 1 is 1.07 bits per heavy atom. The lowest BCUT2D eigenvalue weighted by Gasteiger charge is -2.34. The number of allylic oxidation sites excluding steroid dienone is 1. The number of carbonyl (C=O) groups is 1. The molecule has 0 spiro atoms. The fourth-order valence-corrected chi connectivity index (χ4v) is 4.69. The molecule has 1 aliphatic carbocycles. The molecule has 1 saturated heterocycles. The van der Waals surface area contributed by atoms with Gasteiger partial charge in [-0.1, -0.05) is 32.1 Å². The van der Waals surface area contributed by atoms with E-state index in [9.17, 15) is 4.79 Å². The molecule has 5 nitrogen and oxygen atoms in total. The lowest BCUT2D eigenvalue weighted by molar-refractivity contribution is -0.157. The smallest absolute Gasteiger partial charge is 0.288 e. The lowest BCUT2D eigenvalue weighted by atomic mass is 9.86. The SMILES string of the molecule is O=C(C1=C[C@@H](C2CCCC2)C[C@@H](OCCCCO)O1)N1CCCCCCC1. The Hall–Kier alpha value is -1.07. The lowest BCUT2D eigenvalue weighted by Crippen LogP contribution is -2.39. The van der Waals surface area contributed by atoms with Crippen molar-refractivity contribution in [3.8, 4) is 0 Å². The minimum absolute atomic E-state index is 0.0588. The molecule has 0 bridgehead atoms. The molecule has 27 heavy (non-hydrogen) atoms. The summed E-state index contributed by atoms with van der Waals surface area (Å²) in [6.07, 6.45) is 15.2. The predicted octanol–water partition coefficient (Wildman–Crippen LogP) is 4.00. The molecular weight excluding hydrogens is 342 g/mol. The monoisotopic (exact) mass is 379 g/mol. The first-order valence-electron chi connectivity index (χ1n) is 11.2. The zero-order chi connectivity index (χ0) is 18.9. The number of ether oxygens (including phenoxy) is 2. The first kappa shape index (κ1) is 20.7. The molecule has 1 saturated carbocycles. The van der Waals surface area contributed by atoms with Crippen molar-refractivity contribution in [2.45, 2.75) is 83.3 Å². The summed E-state index contributed by atoms with van der Waals surface area (Å²) in [4.78, 5) is 15.1. The van der Waals surface area contributed by atoms with Crippen LogP contribution in [0.15, 0.2) is 11.8 Å². The van der Waals surface area contributed by atoms with Crippen molar-refractivity contribution in [1.29, 1.82) is 0 Å². The van der Waals surface area contributed by atoms with E-state index < -0.39 is 0 Å². The van der Waals surface area contributed by atoms with Gasteiger partial charge in [-0.25, -0.2) is 0 Å². The third-order valence-electron chi connectivity index (χ3n) is 6.30. The third-order valence-corrected chi connectivity index (χ3v) is 6.30. The Kier molecular flexibility index (Phi) is 8.46. The van der Waals surface area contributed by atoms with Crippen LogP contribution in [0.2, 0.25) is 0 Å². The van der Waals surface area contributed by atoms with E-state index in [0.717, 1.165) is 45.2 Å². The molecule has 2 fully saturated rings. The Morgan fingerprint density at radius 3 is 2.48 bits per heavy atom. The van der Waals surface area contributed by atoms with Gasteiger partial charge in [0, 0.05) is 26.1 Å². The van der Waals surface area contributed by atoms with Gasteiger partial charge in [-0.05, 0) is 56.4 Å². The zero-order valence-electron chi connectivity index (χ0n) is 16.7. The van der Waals surface area contributed by atoms with Gasteiger partial charge in [0.15, 0.2) is 5.76 Å². The van der Waals surface area contributed by atoms with E-state index in [4.69, 9.17) is 14.6 Å². The van der Waals surface area contributed by atoms with Crippen molar-refractivity contribution in [2.24, 2.45) is 11.8 Å². The maximum Gasteiger partial charge on any atom is 0.288 e. The van der Waals surface area contributed by atoms with Crippen molar-refractivity contribution < 1.29 is 19.4 Å². The number of carbonyl (C=O) groups excluding carboxylic acids is 1. The Bertz CT molecular complexity index is 479. The van der Waals surface area contributed by atoms with E-state index in [0.29, 0.717) is 24.2 Å². The molecule has 0 aromatic rings. The van der Waals surface area contributed by atoms with Gasteiger partial charge in [0.1, 0.15) is 0 Å². The van der Waals surface area contributed by atoms with E-state index in [1.807, 2.05) is 4.90 Å². The Balaban J connectivity index is 1.64. The molecule has 3 rings (SSSR count). The largest absolute Gasteiger partial charge is 0.459 e. The van der Waals surface area contributed by atoms with Crippen LogP contribution in [-0.4, -0.2) is 48.5 Å². The van der Waals surface area contributed by atoms with Crippen molar-refractivity contribution in [1.82, 2.24) is 4.90 Å². The molecule has 0 aromatic heterocycles. The summed E-state index contributed by atoms with van der Waals surface area (Å²) in [5, 5.41) is 8.94. The van der Waals surface area contributed by atoms with Gasteiger partial charge < -0.3 is 19.5 Å². The first-order valence-corrected chi connectivity index (χ1v) is 11.2. The van der Waals surface area contributed by atoms with Crippen LogP contribution in [0.3, 0.4) is 0 Å². The summed E-state index contributed by atoms with van der Waals surface area (Å²) in [6, 6.07) is 0. The average molecular weight is 380 g/mol. The highest BCUT2D eigenvalue weighted by atomic mass is 16.7. The van der Waals surface area contributed by atoms with Crippen molar-refractivity contribution in [3.05, 3.63) is 11.8 Å². The van der Waals surface area contributed by atoms with E-state index in [-0.39, 0.29) is 18.8 Å². The molecule has 2 aliphatic heterocycles. The maximum absolute atomic E-state index is 13.1. The van der Waals surface area contributed by atoms with Crippen LogP contribution in [0.25, 0.3) is 0 Å². The number of aliphatic hydroxyl groups is 1. The van der Waals surface area contributed by atoms with Gasteiger partial charge in [-0.2, -0.15) is 0 Å². The van der Waals surface area contributed by atoms with Crippen molar-refractivity contribution >= 4 is 5.91 Å². The van der Waals surface area contributed by atoms with Gasteiger partial charge in [0.2, 0.25) is 6.29 Å². The molecule has 0 unspecified atom stereocenters. The highest BCUT2D eigenvalue weighted by Crippen LogP contribution is 2.38. The summed E-state index contributed by atoms with van der Waals surface area (Å²) < 4.78 is 12.0. The summed E-state index contributed by atoms with van der Waals surface area (Å²) in [6.45, 7) is 2.46. The predicted molar refractivity (Wildman–Crippen MR) is 105 cm³/mol.